The molecule has 2 aromatic rings. The summed E-state index contributed by atoms with van der Waals surface area (Å²) in [5.74, 6) is 1.48. The van der Waals surface area contributed by atoms with Crippen LogP contribution in [0.4, 0.5) is 0 Å². The van der Waals surface area contributed by atoms with E-state index < -0.39 is 0 Å². The fraction of sp³-hybridized carbons (Fsp3) is 0.286. The topological polar surface area (TPSA) is 9.23 Å². The second kappa shape index (κ2) is 4.88. The van der Waals surface area contributed by atoms with E-state index >= 15 is 0 Å². The van der Waals surface area contributed by atoms with Gasteiger partial charge in [-0.25, -0.2) is 0 Å². The van der Waals surface area contributed by atoms with E-state index in [1.165, 1.54) is 10.8 Å². The van der Waals surface area contributed by atoms with Gasteiger partial charge in [-0.05, 0) is 28.8 Å². The van der Waals surface area contributed by atoms with Gasteiger partial charge in [0.1, 0.15) is 5.75 Å². The van der Waals surface area contributed by atoms with Crippen LogP contribution in [0.25, 0.3) is 10.8 Å². The summed E-state index contributed by atoms with van der Waals surface area (Å²) in [6.07, 6.45) is 0. The Balaban J connectivity index is 2.34. The summed E-state index contributed by atoms with van der Waals surface area (Å²) in [4.78, 5) is 0. The molecule has 0 spiro atoms. The summed E-state index contributed by atoms with van der Waals surface area (Å²) in [7, 11) is 0. The van der Waals surface area contributed by atoms with Crippen molar-refractivity contribution >= 4 is 26.7 Å². The fourth-order valence-electron chi connectivity index (χ4n) is 1.58. The second-order valence-electron chi connectivity index (χ2n) is 4.33. The first-order valence-electron chi connectivity index (χ1n) is 5.48. The molecule has 0 radical (unpaired) electrons. The highest BCUT2D eigenvalue weighted by atomic mass is 79.9. The Kier molecular flexibility index (Phi) is 3.49. The lowest BCUT2D eigenvalue weighted by Gasteiger charge is -2.10. The molecule has 0 heterocycles. The van der Waals surface area contributed by atoms with Crippen molar-refractivity contribution in [1.82, 2.24) is 0 Å². The molecule has 0 unspecified atom stereocenters. The van der Waals surface area contributed by atoms with E-state index in [4.69, 9.17) is 4.74 Å². The summed E-state index contributed by atoms with van der Waals surface area (Å²) in [6.45, 7) is 5.05. The minimum atomic E-state index is 0.547. The highest BCUT2D eigenvalue weighted by molar-refractivity contribution is 9.10. The molecule has 0 saturated carbocycles. The molecule has 0 atom stereocenters. The average Bonchev–Trinajstić information content (AvgIpc) is 2.26. The van der Waals surface area contributed by atoms with Crippen molar-refractivity contribution in [3.05, 3.63) is 40.9 Å². The van der Waals surface area contributed by atoms with Crippen LogP contribution in [0.5, 0.6) is 5.75 Å². The number of ether oxygens (including phenoxy) is 1. The van der Waals surface area contributed by atoms with Gasteiger partial charge in [0, 0.05) is 4.47 Å². The number of fused-ring (bicyclic) bond motifs is 1. The molecule has 0 aliphatic rings. The summed E-state index contributed by atoms with van der Waals surface area (Å²) >= 11 is 3.57. The lowest BCUT2D eigenvalue weighted by atomic mass is 10.1. The SMILES string of the molecule is CC(C)COc1cc(Br)c2ccccc2c1. The number of hydrogen-bond acceptors (Lipinski definition) is 1. The van der Waals surface area contributed by atoms with Crippen molar-refractivity contribution in [2.75, 3.05) is 6.61 Å². The Hall–Kier alpha value is -1.02. The van der Waals surface area contributed by atoms with E-state index in [2.05, 4.69) is 48.0 Å². The fourth-order valence-corrected chi connectivity index (χ4v) is 2.17. The molecule has 0 aromatic heterocycles. The quantitative estimate of drug-likeness (QED) is 0.795. The third kappa shape index (κ3) is 2.56. The molecular weight excluding hydrogens is 264 g/mol. The molecule has 0 saturated heterocycles. The van der Waals surface area contributed by atoms with Crippen LogP contribution in [-0.4, -0.2) is 6.61 Å². The normalized spacial score (nSPS) is 11.0. The van der Waals surface area contributed by atoms with Crippen LogP contribution >= 0.6 is 15.9 Å². The maximum atomic E-state index is 5.73. The zero-order valence-electron chi connectivity index (χ0n) is 9.53. The Morgan fingerprint density at radius 2 is 1.94 bits per heavy atom. The zero-order chi connectivity index (χ0) is 11.5. The second-order valence-corrected chi connectivity index (χ2v) is 5.19. The Bertz CT molecular complexity index is 491. The Morgan fingerprint density at radius 1 is 1.19 bits per heavy atom. The monoisotopic (exact) mass is 278 g/mol. The van der Waals surface area contributed by atoms with Gasteiger partial charge in [0.2, 0.25) is 0 Å². The Morgan fingerprint density at radius 3 is 2.69 bits per heavy atom. The van der Waals surface area contributed by atoms with Crippen molar-refractivity contribution < 1.29 is 4.74 Å². The van der Waals surface area contributed by atoms with Crippen LogP contribution in [0.2, 0.25) is 0 Å². The van der Waals surface area contributed by atoms with E-state index in [1.54, 1.807) is 0 Å². The van der Waals surface area contributed by atoms with E-state index in [0.29, 0.717) is 5.92 Å². The molecule has 1 nitrogen and oxygen atoms in total. The van der Waals surface area contributed by atoms with Gasteiger partial charge in [-0.3, -0.25) is 0 Å². The van der Waals surface area contributed by atoms with Crippen LogP contribution in [0.1, 0.15) is 13.8 Å². The van der Waals surface area contributed by atoms with Gasteiger partial charge in [0.15, 0.2) is 0 Å². The molecule has 84 valence electrons. The maximum Gasteiger partial charge on any atom is 0.121 e. The highest BCUT2D eigenvalue weighted by Gasteiger charge is 2.03. The number of benzene rings is 2. The number of rotatable bonds is 3. The van der Waals surface area contributed by atoms with Gasteiger partial charge in [0.05, 0.1) is 6.61 Å². The lowest BCUT2D eigenvalue weighted by molar-refractivity contribution is 0.271. The third-order valence-corrected chi connectivity index (χ3v) is 3.02. The van der Waals surface area contributed by atoms with E-state index in [9.17, 15) is 0 Å². The maximum absolute atomic E-state index is 5.73. The van der Waals surface area contributed by atoms with Gasteiger partial charge < -0.3 is 4.74 Å². The molecule has 0 fully saturated rings. The zero-order valence-corrected chi connectivity index (χ0v) is 11.1. The van der Waals surface area contributed by atoms with Gasteiger partial charge in [-0.15, -0.1) is 0 Å². The first-order chi connectivity index (χ1) is 7.66. The number of hydrogen-bond donors (Lipinski definition) is 0. The molecule has 0 N–H and O–H groups in total. The average molecular weight is 279 g/mol. The molecular formula is C14H15BrO. The van der Waals surface area contributed by atoms with Crippen LogP contribution in [0.15, 0.2) is 40.9 Å². The van der Waals surface area contributed by atoms with Gasteiger partial charge in [0.25, 0.3) is 0 Å². The molecule has 16 heavy (non-hydrogen) atoms. The van der Waals surface area contributed by atoms with E-state index in [-0.39, 0.29) is 0 Å². The molecule has 2 rings (SSSR count). The van der Waals surface area contributed by atoms with Crippen molar-refractivity contribution in [3.8, 4) is 5.75 Å². The van der Waals surface area contributed by atoms with Crippen molar-refractivity contribution in [3.63, 3.8) is 0 Å². The Labute approximate surface area is 105 Å². The molecule has 0 bridgehead atoms. The van der Waals surface area contributed by atoms with E-state index in [0.717, 1.165) is 16.8 Å². The molecule has 0 amide bonds. The first-order valence-corrected chi connectivity index (χ1v) is 6.27. The van der Waals surface area contributed by atoms with E-state index in [1.807, 2.05) is 18.2 Å². The summed E-state index contributed by atoms with van der Waals surface area (Å²) in [5.41, 5.74) is 0. The molecule has 0 aliphatic heterocycles. The minimum absolute atomic E-state index is 0.547. The van der Waals surface area contributed by atoms with Gasteiger partial charge in [-0.1, -0.05) is 54.0 Å². The minimum Gasteiger partial charge on any atom is -0.493 e. The first kappa shape index (κ1) is 11.5. The molecule has 0 aliphatic carbocycles. The standard InChI is InChI=1S/C14H15BrO/c1-10(2)9-16-12-7-11-5-3-4-6-13(11)14(15)8-12/h3-8,10H,9H2,1-2H3. The molecule has 2 aromatic carbocycles. The highest BCUT2D eigenvalue weighted by Crippen LogP contribution is 2.29. The third-order valence-electron chi connectivity index (χ3n) is 2.37. The van der Waals surface area contributed by atoms with Crippen molar-refractivity contribution in [2.45, 2.75) is 13.8 Å². The number of halogens is 1. The smallest absolute Gasteiger partial charge is 0.121 e. The summed E-state index contributed by atoms with van der Waals surface area (Å²) < 4.78 is 6.81. The largest absolute Gasteiger partial charge is 0.493 e. The van der Waals surface area contributed by atoms with Crippen LogP contribution in [0.3, 0.4) is 0 Å². The summed E-state index contributed by atoms with van der Waals surface area (Å²) in [5, 5.41) is 2.43. The van der Waals surface area contributed by atoms with Crippen LogP contribution < -0.4 is 4.74 Å². The summed E-state index contributed by atoms with van der Waals surface area (Å²) in [6, 6.07) is 12.4. The molecule has 2 heteroatoms. The van der Waals surface area contributed by atoms with Crippen LogP contribution in [-0.2, 0) is 0 Å². The van der Waals surface area contributed by atoms with Crippen molar-refractivity contribution in [1.29, 1.82) is 0 Å². The predicted octanol–water partition coefficient (Wildman–Crippen LogP) is 4.64. The van der Waals surface area contributed by atoms with Crippen LogP contribution in [0, 0.1) is 5.92 Å². The predicted molar refractivity (Wildman–Crippen MR) is 72.0 cm³/mol. The van der Waals surface area contributed by atoms with Crippen molar-refractivity contribution in [2.24, 2.45) is 5.92 Å². The van der Waals surface area contributed by atoms with Gasteiger partial charge >= 0.3 is 0 Å². The lowest BCUT2D eigenvalue weighted by Crippen LogP contribution is -2.04. The van der Waals surface area contributed by atoms with Gasteiger partial charge in [-0.2, -0.15) is 0 Å².